The number of methoxy groups -OCH3 is 1. The first-order valence-electron chi connectivity index (χ1n) is 7.76. The molecule has 2 aromatic rings. The molecule has 0 unspecified atom stereocenters. The zero-order valence-corrected chi connectivity index (χ0v) is 13.4. The van der Waals surface area contributed by atoms with Crippen LogP contribution < -0.4 is 5.32 Å². The molecule has 0 aliphatic carbocycles. The molecule has 0 radical (unpaired) electrons. The summed E-state index contributed by atoms with van der Waals surface area (Å²) < 4.78 is 5.72. The molecule has 2 heteroatoms. The van der Waals surface area contributed by atoms with Gasteiger partial charge in [0.1, 0.15) is 0 Å². The first-order valence-corrected chi connectivity index (χ1v) is 7.76. The highest BCUT2D eigenvalue weighted by Crippen LogP contribution is 2.24. The topological polar surface area (TPSA) is 21.3 Å². The predicted molar refractivity (Wildman–Crippen MR) is 92.8 cm³/mol. The van der Waals surface area contributed by atoms with E-state index in [0.717, 1.165) is 6.42 Å². The highest BCUT2D eigenvalue weighted by atomic mass is 16.5. The molecule has 0 saturated heterocycles. The number of ether oxygens (including phenoxy) is 1. The van der Waals surface area contributed by atoms with Crippen LogP contribution in [-0.2, 0) is 4.74 Å². The molecule has 2 rings (SSSR count). The Kier molecular flexibility index (Phi) is 6.38. The molecule has 0 amide bonds. The minimum Gasteiger partial charge on any atom is -0.375 e. The average molecular weight is 295 g/mol. The van der Waals surface area contributed by atoms with Gasteiger partial charge < -0.3 is 10.1 Å². The Balaban J connectivity index is 2.13. The van der Waals surface area contributed by atoms with Crippen molar-refractivity contribution in [1.29, 1.82) is 0 Å². The minimum absolute atomic E-state index is 0.0252. The van der Waals surface area contributed by atoms with Crippen LogP contribution in [0, 0.1) is 0 Å². The lowest BCUT2D eigenvalue weighted by Gasteiger charge is -2.29. The van der Waals surface area contributed by atoms with Crippen molar-refractivity contribution in [2.75, 3.05) is 7.11 Å². The Morgan fingerprint density at radius 3 is 2.05 bits per heavy atom. The SMILES string of the molecule is C=CC[C@@H](N[C@@H](C)[C@H](OC)c1ccccc1)c1ccccc1. The van der Waals surface area contributed by atoms with Gasteiger partial charge in [0, 0.05) is 19.2 Å². The van der Waals surface area contributed by atoms with Crippen LogP contribution in [0.15, 0.2) is 73.3 Å². The second-order valence-electron chi connectivity index (χ2n) is 5.51. The van der Waals surface area contributed by atoms with Crippen LogP contribution in [0.2, 0.25) is 0 Å². The second kappa shape index (κ2) is 8.52. The van der Waals surface area contributed by atoms with Crippen LogP contribution in [0.1, 0.15) is 36.6 Å². The van der Waals surface area contributed by atoms with Crippen molar-refractivity contribution < 1.29 is 4.74 Å². The summed E-state index contributed by atoms with van der Waals surface area (Å²) in [6.07, 6.45) is 2.87. The summed E-state index contributed by atoms with van der Waals surface area (Å²) in [6, 6.07) is 21.3. The van der Waals surface area contributed by atoms with Gasteiger partial charge in [-0.05, 0) is 24.5 Å². The van der Waals surface area contributed by atoms with E-state index in [1.807, 2.05) is 30.3 Å². The molecule has 1 N–H and O–H groups in total. The highest BCUT2D eigenvalue weighted by molar-refractivity contribution is 5.22. The number of nitrogens with one attached hydrogen (secondary N) is 1. The smallest absolute Gasteiger partial charge is 0.0971 e. The van der Waals surface area contributed by atoms with E-state index in [1.54, 1.807) is 7.11 Å². The van der Waals surface area contributed by atoms with Crippen LogP contribution in [-0.4, -0.2) is 13.2 Å². The molecule has 2 aromatic carbocycles. The van der Waals surface area contributed by atoms with Crippen LogP contribution >= 0.6 is 0 Å². The van der Waals surface area contributed by atoms with Crippen LogP contribution in [0.5, 0.6) is 0 Å². The van der Waals surface area contributed by atoms with Gasteiger partial charge in [-0.25, -0.2) is 0 Å². The fraction of sp³-hybridized carbons (Fsp3) is 0.300. The van der Waals surface area contributed by atoms with Crippen LogP contribution in [0.4, 0.5) is 0 Å². The van der Waals surface area contributed by atoms with Crippen molar-refractivity contribution in [3.8, 4) is 0 Å². The molecule has 22 heavy (non-hydrogen) atoms. The lowest BCUT2D eigenvalue weighted by Crippen LogP contribution is -2.36. The molecule has 0 aromatic heterocycles. The van der Waals surface area contributed by atoms with Crippen molar-refractivity contribution in [2.24, 2.45) is 0 Å². The van der Waals surface area contributed by atoms with Gasteiger partial charge in [0.25, 0.3) is 0 Å². The Morgan fingerprint density at radius 1 is 1.00 bits per heavy atom. The molecule has 3 atom stereocenters. The molecule has 0 aliphatic heterocycles. The second-order valence-corrected chi connectivity index (χ2v) is 5.51. The van der Waals surface area contributed by atoms with E-state index in [2.05, 4.69) is 55.2 Å². The maximum absolute atomic E-state index is 5.72. The normalized spacial score (nSPS) is 15.0. The number of rotatable bonds is 8. The maximum atomic E-state index is 5.72. The van der Waals surface area contributed by atoms with Crippen molar-refractivity contribution in [3.63, 3.8) is 0 Å². The summed E-state index contributed by atoms with van der Waals surface area (Å²) in [5, 5.41) is 3.69. The van der Waals surface area contributed by atoms with E-state index < -0.39 is 0 Å². The summed E-state index contributed by atoms with van der Waals surface area (Å²) in [5.74, 6) is 0. The van der Waals surface area contributed by atoms with Crippen molar-refractivity contribution in [2.45, 2.75) is 31.5 Å². The molecule has 0 spiro atoms. The molecule has 0 heterocycles. The molecule has 0 saturated carbocycles. The van der Waals surface area contributed by atoms with Gasteiger partial charge in [0.15, 0.2) is 0 Å². The summed E-state index contributed by atoms with van der Waals surface area (Å²) in [4.78, 5) is 0. The van der Waals surface area contributed by atoms with Crippen LogP contribution in [0.3, 0.4) is 0 Å². The number of hydrogen-bond acceptors (Lipinski definition) is 2. The van der Waals surface area contributed by atoms with Gasteiger partial charge in [-0.15, -0.1) is 6.58 Å². The fourth-order valence-electron chi connectivity index (χ4n) is 2.83. The molecule has 116 valence electrons. The third-order valence-electron chi connectivity index (χ3n) is 3.90. The number of hydrogen-bond donors (Lipinski definition) is 1. The standard InChI is InChI=1S/C20H25NO/c1-4-11-19(17-12-7-5-8-13-17)21-16(2)20(22-3)18-14-9-6-10-15-18/h4-10,12-16,19-21H,1,11H2,2-3H3/t16-,19+,20-/m0/s1. The molecule has 2 nitrogen and oxygen atoms in total. The van der Waals surface area contributed by atoms with E-state index in [1.165, 1.54) is 11.1 Å². The Labute approximate surface area is 133 Å². The van der Waals surface area contributed by atoms with Gasteiger partial charge in [-0.2, -0.15) is 0 Å². The van der Waals surface area contributed by atoms with E-state index in [-0.39, 0.29) is 18.2 Å². The van der Waals surface area contributed by atoms with Gasteiger partial charge in [0.05, 0.1) is 6.10 Å². The predicted octanol–water partition coefficient (Wildman–Crippen LogP) is 4.67. The first kappa shape index (κ1) is 16.5. The zero-order chi connectivity index (χ0) is 15.8. The third-order valence-corrected chi connectivity index (χ3v) is 3.90. The van der Waals surface area contributed by atoms with E-state index in [4.69, 9.17) is 4.74 Å². The summed E-state index contributed by atoms with van der Waals surface area (Å²) in [5.41, 5.74) is 2.47. The van der Waals surface area contributed by atoms with Gasteiger partial charge in [-0.1, -0.05) is 66.7 Å². The molecule has 0 aliphatic rings. The van der Waals surface area contributed by atoms with Crippen molar-refractivity contribution in [1.82, 2.24) is 5.32 Å². The first-order chi connectivity index (χ1) is 10.8. The van der Waals surface area contributed by atoms with Gasteiger partial charge in [-0.3, -0.25) is 0 Å². The largest absolute Gasteiger partial charge is 0.375 e. The van der Waals surface area contributed by atoms with Gasteiger partial charge >= 0.3 is 0 Å². The lowest BCUT2D eigenvalue weighted by atomic mass is 9.99. The van der Waals surface area contributed by atoms with E-state index in [0.29, 0.717) is 0 Å². The average Bonchev–Trinajstić information content (AvgIpc) is 2.57. The number of benzene rings is 2. The molecule has 0 bridgehead atoms. The quantitative estimate of drug-likeness (QED) is 0.715. The summed E-state index contributed by atoms with van der Waals surface area (Å²) in [7, 11) is 1.76. The van der Waals surface area contributed by atoms with E-state index >= 15 is 0 Å². The van der Waals surface area contributed by atoms with Crippen molar-refractivity contribution >= 4 is 0 Å². The Morgan fingerprint density at radius 2 is 1.55 bits per heavy atom. The summed E-state index contributed by atoms with van der Waals surface area (Å²) in [6.45, 7) is 6.05. The lowest BCUT2D eigenvalue weighted by molar-refractivity contribution is 0.0694. The molecule has 0 fully saturated rings. The van der Waals surface area contributed by atoms with Crippen molar-refractivity contribution in [3.05, 3.63) is 84.4 Å². The van der Waals surface area contributed by atoms with Crippen LogP contribution in [0.25, 0.3) is 0 Å². The highest BCUT2D eigenvalue weighted by Gasteiger charge is 2.21. The Hall–Kier alpha value is -1.90. The summed E-state index contributed by atoms with van der Waals surface area (Å²) >= 11 is 0. The zero-order valence-electron chi connectivity index (χ0n) is 13.4. The molecular weight excluding hydrogens is 270 g/mol. The minimum atomic E-state index is 0.0252. The maximum Gasteiger partial charge on any atom is 0.0971 e. The fourth-order valence-corrected chi connectivity index (χ4v) is 2.83. The molecular formula is C20H25NO. The monoisotopic (exact) mass is 295 g/mol. The van der Waals surface area contributed by atoms with E-state index in [9.17, 15) is 0 Å². The Bertz CT molecular complexity index is 552. The van der Waals surface area contributed by atoms with Gasteiger partial charge in [0.2, 0.25) is 0 Å². The third kappa shape index (κ3) is 4.30.